The molecule has 0 atom stereocenters. The molecule has 6 nitrogen and oxygen atoms in total. The number of carbonyl (C=O) groups excluding carboxylic acids is 1. The van der Waals surface area contributed by atoms with Gasteiger partial charge in [0.15, 0.2) is 0 Å². The molecule has 0 unspecified atom stereocenters. The normalized spacial score (nSPS) is 13.8. The lowest BCUT2D eigenvalue weighted by Crippen LogP contribution is -2.43. The third-order valence-electron chi connectivity index (χ3n) is 4.78. The molecule has 1 fully saturated rings. The average Bonchev–Trinajstić information content (AvgIpc) is 2.71. The van der Waals surface area contributed by atoms with E-state index in [1.165, 1.54) is 0 Å². The number of benzene rings is 2. The molecule has 0 spiro atoms. The lowest BCUT2D eigenvalue weighted by molar-refractivity contribution is -0.138. The summed E-state index contributed by atoms with van der Waals surface area (Å²) < 4.78 is 18.6. The summed E-state index contributed by atoms with van der Waals surface area (Å²) in [6.45, 7) is 12.0. The van der Waals surface area contributed by atoms with Crippen molar-refractivity contribution >= 4 is 35.1 Å². The monoisotopic (exact) mass is 450 g/mol. The van der Waals surface area contributed by atoms with E-state index in [9.17, 15) is 9.18 Å². The molecular weight excluding hydrogens is 419 g/mol. The van der Waals surface area contributed by atoms with Crippen LogP contribution in [0.15, 0.2) is 30.3 Å². The van der Waals surface area contributed by atoms with E-state index in [2.05, 4.69) is 26.3 Å². The number of piperazine rings is 1. The molecule has 2 aromatic carbocycles. The molecule has 1 heterocycles. The van der Waals surface area contributed by atoms with E-state index in [0.717, 1.165) is 43.1 Å². The Balaban J connectivity index is 0.000000423. The van der Waals surface area contributed by atoms with Crippen molar-refractivity contribution < 1.29 is 13.9 Å². The van der Waals surface area contributed by atoms with Crippen molar-refractivity contribution in [2.75, 3.05) is 42.1 Å². The number of nitrogen functional groups attached to an aromatic ring is 1. The maximum Gasteiger partial charge on any atom is 0.293 e. The molecule has 0 bridgehead atoms. The van der Waals surface area contributed by atoms with Gasteiger partial charge >= 0.3 is 0 Å². The fraction of sp³-hybridized carbons (Fsp3) is 0.435. The third-order valence-corrected chi connectivity index (χ3v) is 5.07. The highest BCUT2D eigenvalue weighted by atomic mass is 35.5. The highest BCUT2D eigenvalue weighted by Gasteiger charge is 2.17. The van der Waals surface area contributed by atoms with Crippen LogP contribution in [-0.4, -0.2) is 38.3 Å². The minimum Gasteiger partial charge on any atom is -0.462 e. The standard InChI is InChI=1S/C18H22ClFN4.C5H10O2/c1-12-5-6-15(24-9-7-22-8-10-24)17(21)18(12)23-11-13-3-2-4-14(19)16(13)20;1-5(2,3)7-4-6/h2-6,22-23H,7-11,21H2,1H3;4H,1-3H3. The largest absolute Gasteiger partial charge is 0.462 e. The van der Waals surface area contributed by atoms with Gasteiger partial charge in [-0.3, -0.25) is 4.79 Å². The van der Waals surface area contributed by atoms with Crippen molar-refractivity contribution in [3.05, 3.63) is 52.3 Å². The fourth-order valence-electron chi connectivity index (χ4n) is 3.15. The first-order valence-corrected chi connectivity index (χ1v) is 10.6. The van der Waals surface area contributed by atoms with Crippen molar-refractivity contribution in [1.29, 1.82) is 0 Å². The van der Waals surface area contributed by atoms with E-state index in [0.29, 0.717) is 24.3 Å². The van der Waals surface area contributed by atoms with E-state index < -0.39 is 0 Å². The van der Waals surface area contributed by atoms with Gasteiger partial charge < -0.3 is 26.0 Å². The number of carbonyl (C=O) groups is 1. The number of anilines is 3. The van der Waals surface area contributed by atoms with Crippen LogP contribution in [0.1, 0.15) is 31.9 Å². The number of halogens is 2. The Morgan fingerprint density at radius 3 is 2.52 bits per heavy atom. The van der Waals surface area contributed by atoms with Gasteiger partial charge in [0.05, 0.1) is 22.1 Å². The van der Waals surface area contributed by atoms with E-state index in [1.807, 2.05) is 33.8 Å². The predicted molar refractivity (Wildman–Crippen MR) is 126 cm³/mol. The average molecular weight is 451 g/mol. The zero-order valence-electron chi connectivity index (χ0n) is 18.6. The third kappa shape index (κ3) is 7.29. The van der Waals surface area contributed by atoms with Crippen LogP contribution < -0.4 is 21.3 Å². The number of hydrogen-bond donors (Lipinski definition) is 3. The summed E-state index contributed by atoms with van der Waals surface area (Å²) >= 11 is 5.84. The molecule has 1 saturated heterocycles. The van der Waals surface area contributed by atoms with Crippen molar-refractivity contribution in [3.63, 3.8) is 0 Å². The summed E-state index contributed by atoms with van der Waals surface area (Å²) in [5, 5.41) is 6.75. The number of hydrogen-bond acceptors (Lipinski definition) is 6. The molecule has 0 aromatic heterocycles. The summed E-state index contributed by atoms with van der Waals surface area (Å²) in [6.07, 6.45) is 0. The number of ether oxygens (including phenoxy) is 1. The lowest BCUT2D eigenvalue weighted by Gasteiger charge is -2.31. The first-order valence-electron chi connectivity index (χ1n) is 10.3. The van der Waals surface area contributed by atoms with Gasteiger partial charge in [0.25, 0.3) is 6.47 Å². The molecule has 0 saturated carbocycles. The summed E-state index contributed by atoms with van der Waals surface area (Å²) in [4.78, 5) is 11.9. The van der Waals surface area contributed by atoms with Crippen LogP contribution in [0, 0.1) is 12.7 Å². The Hall–Kier alpha value is -2.51. The number of nitrogens with two attached hydrogens (primary N) is 1. The number of nitrogens with one attached hydrogen (secondary N) is 2. The molecular formula is C23H32ClFN4O2. The van der Waals surface area contributed by atoms with Gasteiger partial charge in [-0.1, -0.05) is 29.8 Å². The summed E-state index contributed by atoms with van der Waals surface area (Å²) in [7, 11) is 0. The van der Waals surface area contributed by atoms with Gasteiger partial charge in [-0.25, -0.2) is 4.39 Å². The Morgan fingerprint density at radius 1 is 1.26 bits per heavy atom. The van der Waals surface area contributed by atoms with E-state index in [-0.39, 0.29) is 16.4 Å². The maximum atomic E-state index is 14.1. The summed E-state index contributed by atoms with van der Waals surface area (Å²) in [5.74, 6) is -0.388. The molecule has 8 heteroatoms. The second-order valence-corrected chi connectivity index (χ2v) is 8.73. The summed E-state index contributed by atoms with van der Waals surface area (Å²) in [5.41, 5.74) is 10.2. The van der Waals surface area contributed by atoms with Crippen LogP contribution in [0.25, 0.3) is 0 Å². The molecule has 0 radical (unpaired) electrons. The first-order chi connectivity index (χ1) is 14.6. The zero-order valence-corrected chi connectivity index (χ0v) is 19.4. The van der Waals surface area contributed by atoms with Crippen LogP contribution >= 0.6 is 11.6 Å². The molecule has 0 amide bonds. The van der Waals surface area contributed by atoms with Gasteiger partial charge in [0.2, 0.25) is 0 Å². The van der Waals surface area contributed by atoms with Crippen molar-refractivity contribution in [2.45, 2.75) is 39.8 Å². The van der Waals surface area contributed by atoms with Gasteiger partial charge in [0, 0.05) is 38.3 Å². The Morgan fingerprint density at radius 2 is 1.94 bits per heavy atom. The van der Waals surface area contributed by atoms with Crippen molar-refractivity contribution in [2.24, 2.45) is 0 Å². The van der Waals surface area contributed by atoms with Gasteiger partial charge in [-0.2, -0.15) is 0 Å². The lowest BCUT2D eigenvalue weighted by atomic mass is 10.1. The molecule has 31 heavy (non-hydrogen) atoms. The second kappa shape index (κ2) is 11.2. The highest BCUT2D eigenvalue weighted by molar-refractivity contribution is 6.30. The molecule has 1 aliphatic heterocycles. The van der Waals surface area contributed by atoms with Crippen LogP contribution in [0.2, 0.25) is 5.02 Å². The number of nitrogens with zero attached hydrogens (tertiary/aromatic N) is 1. The van der Waals surface area contributed by atoms with E-state index in [1.54, 1.807) is 18.2 Å². The Kier molecular flexibility index (Phi) is 8.95. The number of rotatable bonds is 5. The first kappa shape index (κ1) is 24.8. The van der Waals surface area contributed by atoms with Crippen LogP contribution in [0.3, 0.4) is 0 Å². The predicted octanol–water partition coefficient (Wildman–Crippen LogP) is 4.35. The van der Waals surface area contributed by atoms with Crippen molar-refractivity contribution in [1.82, 2.24) is 5.32 Å². The molecule has 3 rings (SSSR count). The molecule has 170 valence electrons. The highest BCUT2D eigenvalue weighted by Crippen LogP contribution is 2.34. The minimum absolute atomic E-state index is 0.133. The second-order valence-electron chi connectivity index (χ2n) is 8.32. The Bertz CT molecular complexity index is 881. The van der Waals surface area contributed by atoms with Crippen molar-refractivity contribution in [3.8, 4) is 0 Å². The van der Waals surface area contributed by atoms with Gasteiger partial charge in [-0.05, 0) is 45.4 Å². The van der Waals surface area contributed by atoms with Gasteiger partial charge in [0.1, 0.15) is 11.4 Å². The quantitative estimate of drug-likeness (QED) is 0.464. The van der Waals surface area contributed by atoms with Gasteiger partial charge in [-0.15, -0.1) is 0 Å². The maximum absolute atomic E-state index is 14.1. The van der Waals surface area contributed by atoms with Crippen LogP contribution in [0.5, 0.6) is 0 Å². The summed E-state index contributed by atoms with van der Waals surface area (Å²) in [6, 6.07) is 9.12. The van der Waals surface area contributed by atoms with Crippen LogP contribution in [0.4, 0.5) is 21.5 Å². The molecule has 4 N–H and O–H groups in total. The van der Waals surface area contributed by atoms with Crippen LogP contribution in [-0.2, 0) is 16.1 Å². The smallest absolute Gasteiger partial charge is 0.293 e. The number of aryl methyl sites for hydroxylation is 1. The Labute approximate surface area is 188 Å². The topological polar surface area (TPSA) is 79.6 Å². The fourth-order valence-corrected chi connectivity index (χ4v) is 3.34. The SMILES string of the molecule is CC(C)(C)OC=O.Cc1ccc(N2CCNCC2)c(N)c1NCc1cccc(Cl)c1F. The molecule has 0 aliphatic carbocycles. The minimum atomic E-state index is -0.388. The zero-order chi connectivity index (χ0) is 23.0. The molecule has 2 aromatic rings. The molecule has 1 aliphatic rings. The van der Waals surface area contributed by atoms with E-state index in [4.69, 9.17) is 17.3 Å². The van der Waals surface area contributed by atoms with E-state index >= 15 is 0 Å².